The summed E-state index contributed by atoms with van der Waals surface area (Å²) >= 11 is 0. The van der Waals surface area contributed by atoms with Crippen LogP contribution in [0.25, 0.3) is 43.8 Å². The van der Waals surface area contributed by atoms with Crippen molar-refractivity contribution in [2.75, 3.05) is 0 Å². The Kier molecular flexibility index (Phi) is 10.4. The van der Waals surface area contributed by atoms with Gasteiger partial charge in [0, 0.05) is 0 Å². The molecule has 0 radical (unpaired) electrons. The number of rotatable bonds is 10. The molecule has 0 aliphatic heterocycles. The normalized spacial score (nSPS) is 11.8. The summed E-state index contributed by atoms with van der Waals surface area (Å²) in [6, 6.07) is 104. The lowest BCUT2D eigenvalue weighted by Crippen LogP contribution is -2.74. The SMILES string of the molecule is c1ccc([Si](c2ccccc2)(c2ccccc2)c2ccc(-c3c4ccccc4c(-c4ccc([Si](c5ccccc5)(c5ccccc5)c5ccccc5)cc4)c4ccccc34)cc2)cc1. The molecule has 0 nitrogen and oxygen atoms in total. The lowest BCUT2D eigenvalue weighted by Gasteiger charge is -2.34. The molecule has 0 N–H and O–H groups in total. The van der Waals surface area contributed by atoms with E-state index >= 15 is 0 Å². The second kappa shape index (κ2) is 16.9. The molecule has 11 aromatic carbocycles. The molecule has 11 aromatic rings. The van der Waals surface area contributed by atoms with Gasteiger partial charge in [0.2, 0.25) is 0 Å². The van der Waals surface area contributed by atoms with E-state index in [2.05, 4.69) is 279 Å². The molecule has 64 heavy (non-hydrogen) atoms. The summed E-state index contributed by atoms with van der Waals surface area (Å²) in [6.07, 6.45) is 0. The van der Waals surface area contributed by atoms with Gasteiger partial charge in [0.15, 0.2) is 16.1 Å². The predicted octanol–water partition coefficient (Wildman–Crippen LogP) is 10.1. The van der Waals surface area contributed by atoms with Crippen LogP contribution in [0.4, 0.5) is 0 Å². The van der Waals surface area contributed by atoms with Crippen molar-refractivity contribution >= 4 is 79.2 Å². The highest BCUT2D eigenvalue weighted by Crippen LogP contribution is 2.43. The fraction of sp³-hybridized carbons (Fsp3) is 0. The van der Waals surface area contributed by atoms with Crippen LogP contribution in [-0.2, 0) is 0 Å². The van der Waals surface area contributed by atoms with Gasteiger partial charge >= 0.3 is 0 Å². The van der Waals surface area contributed by atoms with Gasteiger partial charge in [-0.15, -0.1) is 0 Å². The molecule has 0 aromatic heterocycles. The minimum absolute atomic E-state index is 1.22. The monoisotopic (exact) mass is 846 g/mol. The van der Waals surface area contributed by atoms with Gasteiger partial charge in [0.05, 0.1) is 0 Å². The molecule has 0 amide bonds. The first-order valence-corrected chi connectivity index (χ1v) is 26.3. The summed E-state index contributed by atoms with van der Waals surface area (Å²) in [5, 5.41) is 16.0. The molecule has 0 heterocycles. The molecule has 0 atom stereocenters. The summed E-state index contributed by atoms with van der Waals surface area (Å²) in [7, 11) is -5.33. The average Bonchev–Trinajstić information content (AvgIpc) is 3.38. The molecule has 0 unspecified atom stereocenters. The molecule has 0 saturated heterocycles. The van der Waals surface area contributed by atoms with Crippen LogP contribution < -0.4 is 41.5 Å². The molecular weight excluding hydrogens is 801 g/mol. The van der Waals surface area contributed by atoms with Gasteiger partial charge in [-0.1, -0.05) is 279 Å². The van der Waals surface area contributed by atoms with Crippen LogP contribution in [0, 0.1) is 0 Å². The summed E-state index contributed by atoms with van der Waals surface area (Å²) in [6.45, 7) is 0. The van der Waals surface area contributed by atoms with E-state index in [0.29, 0.717) is 0 Å². The molecule has 0 saturated carbocycles. The van der Waals surface area contributed by atoms with Crippen LogP contribution in [0.3, 0.4) is 0 Å². The van der Waals surface area contributed by atoms with Gasteiger partial charge in [-0.25, -0.2) is 0 Å². The lowest BCUT2D eigenvalue weighted by molar-refractivity contribution is 1.64. The van der Waals surface area contributed by atoms with Crippen LogP contribution in [0.2, 0.25) is 0 Å². The fourth-order valence-corrected chi connectivity index (χ4v) is 20.1. The smallest absolute Gasteiger partial charge is 0.0623 e. The van der Waals surface area contributed by atoms with E-state index in [1.165, 1.54) is 85.3 Å². The standard InChI is InChI=1S/C62H46Si2/c1-7-23-49(24-8-1)63(50-25-9-2-10-26-50,51-27-11-3-12-28-51)55-43-39-47(40-44-55)61-57-35-19-21-37-59(57)62(60-38-22-20-36-58(60)61)48-41-45-56(46-42-48)64(52-29-13-4-14-30-52,53-31-15-5-16-32-53)54-33-17-6-18-34-54/h1-46H. The second-order valence-corrected chi connectivity index (χ2v) is 24.3. The average molecular weight is 847 g/mol. The zero-order valence-corrected chi connectivity index (χ0v) is 37.6. The molecule has 0 aliphatic rings. The zero-order valence-electron chi connectivity index (χ0n) is 35.6. The maximum absolute atomic E-state index is 2.67. The van der Waals surface area contributed by atoms with E-state index in [0.717, 1.165) is 0 Å². The van der Waals surface area contributed by atoms with Gasteiger partial charge in [0.1, 0.15) is 0 Å². The third-order valence-electron chi connectivity index (χ3n) is 13.4. The van der Waals surface area contributed by atoms with Crippen molar-refractivity contribution in [3.8, 4) is 22.3 Å². The van der Waals surface area contributed by atoms with Crippen LogP contribution in [-0.4, -0.2) is 16.1 Å². The maximum Gasteiger partial charge on any atom is 0.179 e. The first-order valence-electron chi connectivity index (χ1n) is 22.3. The van der Waals surface area contributed by atoms with Crippen LogP contribution >= 0.6 is 0 Å². The van der Waals surface area contributed by atoms with Gasteiger partial charge in [-0.2, -0.15) is 0 Å². The Bertz CT molecular complexity index is 2840. The van der Waals surface area contributed by atoms with Crippen molar-refractivity contribution in [3.63, 3.8) is 0 Å². The highest BCUT2D eigenvalue weighted by Gasteiger charge is 2.42. The highest BCUT2D eigenvalue weighted by molar-refractivity contribution is 7.20. The van der Waals surface area contributed by atoms with E-state index in [4.69, 9.17) is 0 Å². The first kappa shape index (κ1) is 39.2. The largest absolute Gasteiger partial charge is 0.179 e. The van der Waals surface area contributed by atoms with Crippen molar-refractivity contribution in [2.45, 2.75) is 0 Å². The van der Waals surface area contributed by atoms with Crippen LogP contribution in [0.5, 0.6) is 0 Å². The fourth-order valence-electron chi connectivity index (χ4n) is 10.7. The van der Waals surface area contributed by atoms with Crippen molar-refractivity contribution in [2.24, 2.45) is 0 Å². The van der Waals surface area contributed by atoms with E-state index in [1.807, 2.05) is 0 Å². The van der Waals surface area contributed by atoms with Gasteiger partial charge in [0.25, 0.3) is 0 Å². The van der Waals surface area contributed by atoms with E-state index < -0.39 is 16.1 Å². The summed E-state index contributed by atoms with van der Waals surface area (Å²) in [4.78, 5) is 0. The minimum atomic E-state index is -2.67. The molecule has 0 aliphatic carbocycles. The molecule has 0 spiro atoms. The zero-order chi connectivity index (χ0) is 42.8. The number of fused-ring (bicyclic) bond motifs is 2. The topological polar surface area (TPSA) is 0 Å². The van der Waals surface area contributed by atoms with Crippen molar-refractivity contribution in [1.82, 2.24) is 0 Å². The van der Waals surface area contributed by atoms with Crippen molar-refractivity contribution in [1.29, 1.82) is 0 Å². The Morgan fingerprint density at radius 1 is 0.156 bits per heavy atom. The summed E-state index contributed by atoms with van der Waals surface area (Å²) < 4.78 is 0. The molecule has 0 fully saturated rings. The lowest BCUT2D eigenvalue weighted by atomic mass is 9.86. The van der Waals surface area contributed by atoms with E-state index in [-0.39, 0.29) is 0 Å². The van der Waals surface area contributed by atoms with Gasteiger partial charge in [-0.05, 0) is 85.3 Å². The number of hydrogen-bond donors (Lipinski definition) is 0. The Morgan fingerprint density at radius 2 is 0.328 bits per heavy atom. The van der Waals surface area contributed by atoms with Crippen LogP contribution in [0.1, 0.15) is 0 Å². The van der Waals surface area contributed by atoms with Gasteiger partial charge < -0.3 is 0 Å². The van der Waals surface area contributed by atoms with Gasteiger partial charge in [-0.3, -0.25) is 0 Å². The Balaban J connectivity index is 1.09. The third kappa shape index (κ3) is 6.50. The molecule has 302 valence electrons. The predicted molar refractivity (Wildman–Crippen MR) is 280 cm³/mol. The Labute approximate surface area is 378 Å². The van der Waals surface area contributed by atoms with Crippen LogP contribution in [0.15, 0.2) is 279 Å². The van der Waals surface area contributed by atoms with Crippen molar-refractivity contribution < 1.29 is 0 Å². The summed E-state index contributed by atoms with van der Waals surface area (Å²) in [5.41, 5.74) is 4.99. The van der Waals surface area contributed by atoms with E-state index in [1.54, 1.807) is 0 Å². The van der Waals surface area contributed by atoms with E-state index in [9.17, 15) is 0 Å². The molecule has 2 heteroatoms. The first-order chi connectivity index (χ1) is 31.8. The quantitative estimate of drug-likeness (QED) is 0.0731. The molecule has 11 rings (SSSR count). The second-order valence-electron chi connectivity index (χ2n) is 16.7. The molecular formula is C62H46Si2. The molecule has 0 bridgehead atoms. The summed E-state index contributed by atoms with van der Waals surface area (Å²) in [5.74, 6) is 0. The maximum atomic E-state index is 2.42. The number of benzene rings is 11. The Morgan fingerprint density at radius 3 is 0.531 bits per heavy atom. The minimum Gasteiger partial charge on any atom is -0.0623 e. The Hall–Kier alpha value is -7.63. The van der Waals surface area contributed by atoms with Crippen molar-refractivity contribution in [3.05, 3.63) is 279 Å². The highest BCUT2D eigenvalue weighted by atomic mass is 28.3. The third-order valence-corrected chi connectivity index (χ3v) is 23.0. The number of hydrogen-bond acceptors (Lipinski definition) is 0.